The molecule has 0 radical (unpaired) electrons. The lowest BCUT2D eigenvalue weighted by atomic mass is 9.86. The molecule has 2 aliphatic heterocycles. The predicted octanol–water partition coefficient (Wildman–Crippen LogP) is 5.37. The van der Waals surface area contributed by atoms with E-state index < -0.39 is 46.6 Å². The number of aromatic hydroxyl groups is 1. The molecular weight excluding hydrogens is 808 g/mol. The molecule has 18 heteroatoms. The fraction of sp³-hybridized carbons (Fsp3) is 0.386. The smallest absolute Gasteiger partial charge is 0.329 e. The molecule has 322 valence electrons. The zero-order valence-electron chi connectivity index (χ0n) is 34.1. The highest BCUT2D eigenvalue weighted by Crippen LogP contribution is 2.35. The Bertz CT molecular complexity index is 2850. The second kappa shape index (κ2) is 16.4. The van der Waals surface area contributed by atoms with Crippen molar-refractivity contribution in [3.8, 4) is 23.0 Å². The maximum atomic E-state index is 14.2. The van der Waals surface area contributed by atoms with Gasteiger partial charge in [0.15, 0.2) is 23.2 Å². The Morgan fingerprint density at radius 2 is 1.77 bits per heavy atom. The maximum Gasteiger partial charge on any atom is 0.329 e. The van der Waals surface area contributed by atoms with Crippen LogP contribution in [0.4, 0.5) is 13.2 Å². The number of aromatic nitrogens is 6. The number of benzene rings is 3. The van der Waals surface area contributed by atoms with Gasteiger partial charge in [0.2, 0.25) is 23.5 Å². The second-order valence-electron chi connectivity index (χ2n) is 16.4. The molecule has 0 spiro atoms. The molecule has 3 aromatic heterocycles. The van der Waals surface area contributed by atoms with E-state index >= 15 is 0 Å². The van der Waals surface area contributed by atoms with Crippen molar-refractivity contribution in [2.24, 2.45) is 13.0 Å². The number of aryl methyl sites for hydroxylation is 2. The molecule has 3 N–H and O–H groups in total. The number of imidazole rings is 1. The third-order valence-electron chi connectivity index (χ3n) is 12.5. The first-order valence-electron chi connectivity index (χ1n) is 20.7. The SMILES string of the molecule is COc1nc(-c2ccc3cn([C@H]4CC[C@H](CNC(=O)c5cc(F)c(O)c(F)c5F)CC4)nc3c2)nc2c1CN(CCCc1ccc3c(c1)n(C)c(=O)n3C1CCC(=O)NC1=O)C2. The number of nitrogens with zero attached hydrogens (tertiary/aromatic N) is 7. The molecule has 1 saturated carbocycles. The van der Waals surface area contributed by atoms with Crippen molar-refractivity contribution in [1.29, 1.82) is 0 Å². The van der Waals surface area contributed by atoms with Crippen molar-refractivity contribution in [3.05, 3.63) is 99.0 Å². The van der Waals surface area contributed by atoms with Crippen LogP contribution in [0.2, 0.25) is 0 Å². The van der Waals surface area contributed by atoms with Crippen molar-refractivity contribution in [1.82, 2.24) is 44.4 Å². The summed E-state index contributed by atoms with van der Waals surface area (Å²) in [7, 11) is 3.30. The second-order valence-corrected chi connectivity index (χ2v) is 16.4. The summed E-state index contributed by atoms with van der Waals surface area (Å²) in [5, 5.41) is 20.1. The first-order valence-corrected chi connectivity index (χ1v) is 20.7. The number of fused-ring (bicyclic) bond motifs is 3. The number of phenolic OH excluding ortho intramolecular Hbond substituents is 1. The summed E-state index contributed by atoms with van der Waals surface area (Å²) in [6.45, 7) is 2.30. The molecule has 62 heavy (non-hydrogen) atoms. The van der Waals surface area contributed by atoms with Gasteiger partial charge in [0, 0.05) is 50.2 Å². The standard InChI is InChI=1S/C44H44F3N9O6/c1-53-35-16-23(7-12-33(35)56(44(53)61)34-13-14-36(57)50-42(34)60)4-3-15-54-21-29-32(22-54)49-40(51-43(29)62-2)25-8-9-26-20-55(52-31(26)17-25)27-10-5-24(6-11-27)19-48-41(59)28-18-30(45)39(58)38(47)37(28)46/h7-9,12,16-18,20,24,27,34,58H,3-6,10-11,13-15,19,21-22H2,1-2H3,(H,48,59)(H,50,57,60)/t24-,27-,34?. The minimum absolute atomic E-state index is 0.0891. The molecular formula is C44H44F3N9O6. The lowest BCUT2D eigenvalue weighted by molar-refractivity contribution is -0.135. The molecule has 0 bridgehead atoms. The van der Waals surface area contributed by atoms with Gasteiger partial charge in [0.1, 0.15) is 6.04 Å². The van der Waals surface area contributed by atoms with Gasteiger partial charge in [-0.25, -0.2) is 18.6 Å². The van der Waals surface area contributed by atoms with Crippen molar-refractivity contribution in [3.63, 3.8) is 0 Å². The lowest BCUT2D eigenvalue weighted by Gasteiger charge is -2.28. The number of imide groups is 1. The van der Waals surface area contributed by atoms with E-state index in [-0.39, 0.29) is 42.9 Å². The molecule has 1 unspecified atom stereocenters. The quantitative estimate of drug-likeness (QED) is 0.114. The summed E-state index contributed by atoms with van der Waals surface area (Å²) >= 11 is 0. The summed E-state index contributed by atoms with van der Waals surface area (Å²) in [5.41, 5.74) is 4.85. The van der Waals surface area contributed by atoms with Gasteiger partial charge in [-0.15, -0.1) is 0 Å². The summed E-state index contributed by atoms with van der Waals surface area (Å²) < 4.78 is 52.5. The monoisotopic (exact) mass is 851 g/mol. The zero-order chi connectivity index (χ0) is 43.4. The van der Waals surface area contributed by atoms with Crippen molar-refractivity contribution < 1.29 is 37.4 Å². The van der Waals surface area contributed by atoms with Gasteiger partial charge in [-0.1, -0.05) is 18.2 Å². The number of nitrogens with one attached hydrogen (secondary N) is 2. The molecule has 15 nitrogen and oxygen atoms in total. The lowest BCUT2D eigenvalue weighted by Crippen LogP contribution is -2.44. The zero-order valence-corrected chi connectivity index (χ0v) is 34.1. The van der Waals surface area contributed by atoms with E-state index in [1.165, 1.54) is 4.57 Å². The van der Waals surface area contributed by atoms with E-state index in [0.717, 1.165) is 83.9 Å². The largest absolute Gasteiger partial charge is 0.503 e. The van der Waals surface area contributed by atoms with Gasteiger partial charge in [0.05, 0.1) is 46.5 Å². The molecule has 1 aliphatic carbocycles. The molecule has 1 saturated heterocycles. The van der Waals surface area contributed by atoms with Crippen LogP contribution in [-0.2, 0) is 36.1 Å². The van der Waals surface area contributed by atoms with E-state index in [9.17, 15) is 37.5 Å². The van der Waals surface area contributed by atoms with E-state index in [4.69, 9.17) is 19.8 Å². The maximum absolute atomic E-state index is 14.2. The fourth-order valence-corrected chi connectivity index (χ4v) is 9.10. The number of piperidine rings is 1. The number of phenols is 1. The van der Waals surface area contributed by atoms with Crippen LogP contribution in [0.15, 0.2) is 53.5 Å². The Morgan fingerprint density at radius 3 is 2.55 bits per heavy atom. The molecule has 3 aromatic carbocycles. The van der Waals surface area contributed by atoms with Crippen molar-refractivity contribution >= 4 is 39.7 Å². The number of amides is 3. The predicted molar refractivity (Wildman–Crippen MR) is 220 cm³/mol. The van der Waals surface area contributed by atoms with E-state index in [2.05, 4.69) is 15.5 Å². The number of halogens is 3. The molecule has 1 atom stereocenters. The molecule has 6 aromatic rings. The summed E-state index contributed by atoms with van der Waals surface area (Å²) in [6, 6.07) is 11.7. The Morgan fingerprint density at radius 1 is 0.968 bits per heavy atom. The number of carbonyl (C=O) groups is 3. The highest BCUT2D eigenvalue weighted by Gasteiger charge is 2.32. The molecule has 3 amide bonds. The normalized spacial score (nSPS) is 19.3. The van der Waals surface area contributed by atoms with Gasteiger partial charge in [-0.3, -0.25) is 38.4 Å². The van der Waals surface area contributed by atoms with Crippen LogP contribution < -0.4 is 21.1 Å². The van der Waals surface area contributed by atoms with E-state index in [0.29, 0.717) is 36.4 Å². The molecule has 3 aliphatic rings. The molecule has 5 heterocycles. The summed E-state index contributed by atoms with van der Waals surface area (Å²) in [6.07, 6.45) is 7.21. The number of rotatable bonds is 11. The minimum atomic E-state index is -1.79. The van der Waals surface area contributed by atoms with Crippen molar-refractivity contribution in [2.75, 3.05) is 20.2 Å². The Kier molecular flexibility index (Phi) is 10.8. The minimum Gasteiger partial charge on any atom is -0.503 e. The number of hydrogen-bond donors (Lipinski definition) is 3. The highest BCUT2D eigenvalue weighted by molar-refractivity contribution is 6.00. The average molecular weight is 852 g/mol. The Hall–Kier alpha value is -6.56. The van der Waals surface area contributed by atoms with Gasteiger partial charge < -0.3 is 15.2 Å². The van der Waals surface area contributed by atoms with E-state index in [1.807, 2.05) is 47.3 Å². The van der Waals surface area contributed by atoms with Gasteiger partial charge >= 0.3 is 5.69 Å². The van der Waals surface area contributed by atoms with Crippen LogP contribution in [0.25, 0.3) is 33.3 Å². The van der Waals surface area contributed by atoms with Crippen LogP contribution in [0, 0.1) is 23.4 Å². The third-order valence-corrected chi connectivity index (χ3v) is 12.5. The summed E-state index contributed by atoms with van der Waals surface area (Å²) in [4.78, 5) is 62.1. The summed E-state index contributed by atoms with van der Waals surface area (Å²) in [5.74, 6) is -6.81. The fourth-order valence-electron chi connectivity index (χ4n) is 9.10. The van der Waals surface area contributed by atoms with Crippen LogP contribution in [0.3, 0.4) is 0 Å². The van der Waals surface area contributed by atoms with Gasteiger partial charge in [0.25, 0.3) is 5.91 Å². The topological polar surface area (TPSA) is 178 Å². The number of carbonyl (C=O) groups excluding carboxylic acids is 3. The molecule has 2 fully saturated rings. The average Bonchev–Trinajstić information content (AvgIpc) is 3.96. The molecule has 9 rings (SSSR count). The van der Waals surface area contributed by atoms with Gasteiger partial charge in [-0.05, 0) is 87.2 Å². The Balaban J connectivity index is 0.809. The first kappa shape index (κ1) is 40.8. The van der Waals surface area contributed by atoms with Crippen LogP contribution in [-0.4, -0.2) is 76.8 Å². The van der Waals surface area contributed by atoms with Crippen LogP contribution in [0.1, 0.15) is 84.2 Å². The Labute approximate surface area is 352 Å². The number of methoxy groups -OCH3 is 1. The van der Waals surface area contributed by atoms with Crippen LogP contribution in [0.5, 0.6) is 11.6 Å². The number of ether oxygens (including phenoxy) is 1. The first-order chi connectivity index (χ1) is 29.9. The third kappa shape index (κ3) is 7.56. The van der Waals surface area contributed by atoms with Gasteiger partial charge in [-0.2, -0.15) is 14.5 Å². The highest BCUT2D eigenvalue weighted by atomic mass is 19.2. The van der Waals surface area contributed by atoms with Crippen LogP contribution >= 0.6 is 0 Å². The van der Waals surface area contributed by atoms with Crippen molar-refractivity contribution in [2.45, 2.75) is 76.5 Å². The van der Waals surface area contributed by atoms with E-state index in [1.54, 1.807) is 18.7 Å². The number of hydrogen-bond acceptors (Lipinski definition) is 10.